The highest BCUT2D eigenvalue weighted by atomic mass is 32.1. The summed E-state index contributed by atoms with van der Waals surface area (Å²) in [6.45, 7) is 1.39. The summed E-state index contributed by atoms with van der Waals surface area (Å²) in [6, 6.07) is 2.38. The number of anilines is 1. The van der Waals surface area contributed by atoms with Gasteiger partial charge in [0.15, 0.2) is 6.29 Å². The molecule has 1 aliphatic heterocycles. The van der Waals surface area contributed by atoms with Crippen molar-refractivity contribution in [2.24, 2.45) is 0 Å². The van der Waals surface area contributed by atoms with Crippen molar-refractivity contribution in [1.29, 1.82) is 0 Å². The molecule has 21 heavy (non-hydrogen) atoms. The van der Waals surface area contributed by atoms with Crippen LogP contribution in [0.15, 0.2) is 16.8 Å². The second kappa shape index (κ2) is 7.38. The number of thiophene rings is 1. The Hall–Kier alpha value is -0.910. The first-order valence-corrected chi connectivity index (χ1v) is 8.86. The first kappa shape index (κ1) is 15.0. The molecular formula is C16H23NO3S. The number of ether oxygens (including phenoxy) is 2. The Labute approximate surface area is 130 Å². The summed E-state index contributed by atoms with van der Waals surface area (Å²) in [5, 5.41) is 4.10. The van der Waals surface area contributed by atoms with Crippen LogP contribution in [0, 0.1) is 0 Å². The monoisotopic (exact) mass is 309 g/mol. The van der Waals surface area contributed by atoms with E-state index in [4.69, 9.17) is 9.47 Å². The highest BCUT2D eigenvalue weighted by Crippen LogP contribution is 2.30. The third-order valence-corrected chi connectivity index (χ3v) is 4.90. The van der Waals surface area contributed by atoms with Gasteiger partial charge in [0.1, 0.15) is 0 Å². The van der Waals surface area contributed by atoms with Crippen molar-refractivity contribution in [3.05, 3.63) is 16.8 Å². The van der Waals surface area contributed by atoms with Crippen LogP contribution in [0.25, 0.3) is 0 Å². The minimum Gasteiger partial charge on any atom is -0.352 e. The predicted octanol–water partition coefficient (Wildman–Crippen LogP) is 3.57. The van der Waals surface area contributed by atoms with Crippen LogP contribution in [0.5, 0.6) is 0 Å². The molecule has 0 spiro atoms. The quantitative estimate of drug-likeness (QED) is 0.853. The molecule has 0 radical (unpaired) electrons. The fourth-order valence-electron chi connectivity index (χ4n) is 3.19. The number of hydrogen-bond donors (Lipinski definition) is 0. The molecule has 4 nitrogen and oxygen atoms in total. The van der Waals surface area contributed by atoms with Gasteiger partial charge in [0, 0.05) is 11.4 Å². The molecular weight excluding hydrogens is 286 g/mol. The Bertz CT molecular complexity index is 436. The Morgan fingerprint density at radius 2 is 1.95 bits per heavy atom. The topological polar surface area (TPSA) is 38.8 Å². The predicted molar refractivity (Wildman–Crippen MR) is 83.6 cm³/mol. The summed E-state index contributed by atoms with van der Waals surface area (Å²) in [5.41, 5.74) is 1.03. The molecule has 3 rings (SSSR count). The van der Waals surface area contributed by atoms with Gasteiger partial charge in [-0.3, -0.25) is 4.79 Å². The molecule has 1 amide bonds. The van der Waals surface area contributed by atoms with E-state index in [0.717, 1.165) is 24.9 Å². The molecule has 1 aliphatic carbocycles. The number of amides is 1. The zero-order chi connectivity index (χ0) is 14.5. The number of carbonyl (C=O) groups is 1. The lowest BCUT2D eigenvalue weighted by molar-refractivity contribution is -0.183. The molecule has 2 fully saturated rings. The number of rotatable bonds is 4. The van der Waals surface area contributed by atoms with E-state index in [2.05, 4.69) is 5.38 Å². The van der Waals surface area contributed by atoms with Gasteiger partial charge >= 0.3 is 0 Å². The Kier molecular flexibility index (Phi) is 5.27. The van der Waals surface area contributed by atoms with Crippen molar-refractivity contribution in [2.45, 2.75) is 57.3 Å². The van der Waals surface area contributed by atoms with Crippen molar-refractivity contribution >= 4 is 22.9 Å². The Morgan fingerprint density at radius 3 is 2.62 bits per heavy atom. The van der Waals surface area contributed by atoms with E-state index < -0.39 is 0 Å². The van der Waals surface area contributed by atoms with Crippen LogP contribution < -0.4 is 4.90 Å². The van der Waals surface area contributed by atoms with Gasteiger partial charge in [-0.05, 0) is 30.7 Å². The van der Waals surface area contributed by atoms with E-state index in [1.165, 1.54) is 19.3 Å². The summed E-state index contributed by atoms with van der Waals surface area (Å²) < 4.78 is 11.1. The smallest absolute Gasteiger partial charge is 0.232 e. The van der Waals surface area contributed by atoms with Gasteiger partial charge < -0.3 is 14.4 Å². The van der Waals surface area contributed by atoms with Crippen molar-refractivity contribution in [3.63, 3.8) is 0 Å². The van der Waals surface area contributed by atoms with Gasteiger partial charge in [0.25, 0.3) is 0 Å². The zero-order valence-corrected chi connectivity index (χ0v) is 13.1. The van der Waals surface area contributed by atoms with E-state index >= 15 is 0 Å². The molecule has 0 aromatic carbocycles. The summed E-state index contributed by atoms with van der Waals surface area (Å²) in [4.78, 5) is 14.8. The van der Waals surface area contributed by atoms with Gasteiger partial charge in [-0.1, -0.05) is 19.3 Å². The highest BCUT2D eigenvalue weighted by molar-refractivity contribution is 7.08. The van der Waals surface area contributed by atoms with E-state index in [1.54, 1.807) is 11.3 Å². The SMILES string of the molecule is O=C(CC1OCCCO1)N(c1ccsc1)C1CCCCC1. The maximum Gasteiger partial charge on any atom is 0.232 e. The lowest BCUT2D eigenvalue weighted by Gasteiger charge is -2.35. The van der Waals surface area contributed by atoms with Crippen LogP contribution in [0.4, 0.5) is 5.69 Å². The van der Waals surface area contributed by atoms with Crippen LogP contribution in [-0.2, 0) is 14.3 Å². The maximum atomic E-state index is 12.8. The molecule has 2 aliphatic rings. The Morgan fingerprint density at radius 1 is 1.19 bits per heavy atom. The molecule has 0 atom stereocenters. The Balaban J connectivity index is 1.69. The first-order valence-electron chi connectivity index (χ1n) is 7.92. The van der Waals surface area contributed by atoms with E-state index in [9.17, 15) is 4.79 Å². The third-order valence-electron chi connectivity index (χ3n) is 4.23. The van der Waals surface area contributed by atoms with Gasteiger partial charge in [-0.15, -0.1) is 0 Å². The van der Waals surface area contributed by atoms with Gasteiger partial charge in [-0.2, -0.15) is 11.3 Å². The zero-order valence-electron chi connectivity index (χ0n) is 12.3. The standard InChI is InChI=1S/C16H23NO3S/c18-15(11-16-19-8-4-9-20-16)17(14-7-10-21-12-14)13-5-2-1-3-6-13/h7,10,12-13,16H,1-6,8-9,11H2. The van der Waals surface area contributed by atoms with Crippen LogP contribution in [0.2, 0.25) is 0 Å². The lowest BCUT2D eigenvalue weighted by Crippen LogP contribution is -2.43. The molecule has 0 N–H and O–H groups in total. The van der Waals surface area contributed by atoms with E-state index in [0.29, 0.717) is 25.7 Å². The number of carbonyl (C=O) groups excluding carboxylic acids is 1. The number of nitrogens with zero attached hydrogens (tertiary/aromatic N) is 1. The van der Waals surface area contributed by atoms with Gasteiger partial charge in [0.2, 0.25) is 5.91 Å². The maximum absolute atomic E-state index is 12.8. The normalized spacial score (nSPS) is 21.3. The van der Waals surface area contributed by atoms with Crippen LogP contribution in [0.3, 0.4) is 0 Å². The third kappa shape index (κ3) is 3.84. The summed E-state index contributed by atoms with van der Waals surface area (Å²) in [6.07, 6.45) is 6.81. The van der Waals surface area contributed by atoms with E-state index in [-0.39, 0.29) is 12.2 Å². The lowest BCUT2D eigenvalue weighted by atomic mass is 9.93. The van der Waals surface area contributed by atoms with Crippen LogP contribution >= 0.6 is 11.3 Å². The summed E-state index contributed by atoms with van der Waals surface area (Å²) >= 11 is 1.64. The van der Waals surface area contributed by atoms with Crippen molar-refractivity contribution < 1.29 is 14.3 Å². The minimum absolute atomic E-state index is 0.132. The summed E-state index contributed by atoms with van der Waals surface area (Å²) in [7, 11) is 0. The first-order chi connectivity index (χ1) is 10.3. The molecule has 1 aromatic heterocycles. The van der Waals surface area contributed by atoms with Gasteiger partial charge in [0.05, 0.1) is 25.3 Å². The summed E-state index contributed by atoms with van der Waals surface area (Å²) in [5.74, 6) is 0.132. The highest BCUT2D eigenvalue weighted by Gasteiger charge is 2.29. The molecule has 116 valence electrons. The molecule has 5 heteroatoms. The molecule has 2 heterocycles. The van der Waals surface area contributed by atoms with Crippen molar-refractivity contribution in [3.8, 4) is 0 Å². The fraction of sp³-hybridized carbons (Fsp3) is 0.688. The van der Waals surface area contributed by atoms with E-state index in [1.807, 2.05) is 16.3 Å². The minimum atomic E-state index is -0.365. The van der Waals surface area contributed by atoms with Crippen LogP contribution in [0.1, 0.15) is 44.9 Å². The molecule has 1 saturated carbocycles. The molecule has 0 bridgehead atoms. The number of hydrogen-bond acceptors (Lipinski definition) is 4. The second-order valence-electron chi connectivity index (χ2n) is 5.77. The van der Waals surface area contributed by atoms with Gasteiger partial charge in [-0.25, -0.2) is 0 Å². The molecule has 1 aromatic rings. The average molecular weight is 309 g/mol. The second-order valence-corrected chi connectivity index (χ2v) is 6.55. The van der Waals surface area contributed by atoms with Crippen molar-refractivity contribution in [2.75, 3.05) is 18.1 Å². The molecule has 1 saturated heterocycles. The van der Waals surface area contributed by atoms with Crippen LogP contribution in [-0.4, -0.2) is 31.5 Å². The molecule has 0 unspecified atom stereocenters. The van der Waals surface area contributed by atoms with Crippen molar-refractivity contribution in [1.82, 2.24) is 0 Å². The fourth-order valence-corrected chi connectivity index (χ4v) is 3.82. The largest absolute Gasteiger partial charge is 0.352 e. The average Bonchev–Trinajstić information content (AvgIpc) is 3.03.